The summed E-state index contributed by atoms with van der Waals surface area (Å²) in [5.74, 6) is 2.37. The third-order valence-corrected chi connectivity index (χ3v) is 7.65. The Labute approximate surface area is 194 Å². The summed E-state index contributed by atoms with van der Waals surface area (Å²) in [4.78, 5) is 2.64. The smallest absolute Gasteiger partial charge is 0.241 e. The van der Waals surface area contributed by atoms with E-state index in [-0.39, 0.29) is 5.92 Å². The van der Waals surface area contributed by atoms with Gasteiger partial charge in [-0.25, -0.2) is 13.1 Å². The molecule has 0 radical (unpaired) electrons. The second-order valence-electron chi connectivity index (χ2n) is 8.41. The summed E-state index contributed by atoms with van der Waals surface area (Å²) in [5, 5.41) is 1.67. The average molecular weight is 469 g/mol. The predicted octanol–water partition coefficient (Wildman–Crippen LogP) is 3.29. The summed E-state index contributed by atoms with van der Waals surface area (Å²) in [6.07, 6.45) is 0.954. The molecule has 2 heterocycles. The van der Waals surface area contributed by atoms with Crippen LogP contribution in [-0.4, -0.2) is 59.3 Å². The van der Waals surface area contributed by atoms with E-state index in [1.165, 1.54) is 0 Å². The van der Waals surface area contributed by atoms with E-state index in [2.05, 4.69) is 9.62 Å². The van der Waals surface area contributed by atoms with Gasteiger partial charge in [0.05, 0.1) is 4.90 Å². The fourth-order valence-electron chi connectivity index (χ4n) is 4.46. The molecule has 2 aliphatic rings. The quantitative estimate of drug-likeness (QED) is 0.547. The molecule has 3 aromatic carbocycles. The fourth-order valence-corrected chi connectivity index (χ4v) is 5.81. The van der Waals surface area contributed by atoms with Gasteiger partial charge in [0.15, 0.2) is 11.5 Å². The van der Waals surface area contributed by atoms with Crippen molar-refractivity contribution in [1.29, 1.82) is 0 Å². The number of hydrogen-bond donors (Lipinski definition) is 1. The minimum atomic E-state index is -3.57. The number of nitrogens with one attached hydrogen (secondary N) is 1. The van der Waals surface area contributed by atoms with E-state index in [1.807, 2.05) is 48.5 Å². The number of para-hydroxylation sites is 1. The molecule has 1 saturated heterocycles. The Kier molecular flexibility index (Phi) is 6.39. The molecule has 174 valence electrons. The normalized spacial score (nSPS) is 18.5. The van der Waals surface area contributed by atoms with Gasteiger partial charge in [-0.15, -0.1) is 0 Å². The number of benzene rings is 3. The Morgan fingerprint density at radius 1 is 1.00 bits per heavy atom. The largest absolute Gasteiger partial charge is 0.488 e. The minimum absolute atomic E-state index is 0.274. The fraction of sp³-hybridized carbons (Fsp3) is 0.360. The lowest BCUT2D eigenvalue weighted by Gasteiger charge is -2.22. The van der Waals surface area contributed by atoms with Gasteiger partial charge >= 0.3 is 0 Å². The predicted molar refractivity (Wildman–Crippen MR) is 127 cm³/mol. The number of likely N-dealkylation sites (tertiary alicyclic amines) is 1. The Hall–Kier alpha value is -2.81. The van der Waals surface area contributed by atoms with Crippen molar-refractivity contribution < 1.29 is 22.6 Å². The van der Waals surface area contributed by atoms with E-state index in [0.29, 0.717) is 42.8 Å². The molecular weight excluding hydrogens is 440 g/mol. The number of nitrogens with zero attached hydrogens (tertiary/aromatic N) is 1. The third kappa shape index (κ3) is 4.93. The van der Waals surface area contributed by atoms with E-state index in [1.54, 1.807) is 12.1 Å². The lowest BCUT2D eigenvalue weighted by Crippen LogP contribution is -2.32. The van der Waals surface area contributed by atoms with Crippen LogP contribution in [0, 0.1) is 5.92 Å². The standard InChI is InChI=1S/C25H28N2O5S/c28-33(29,24-10-3-6-20-5-1-2-7-21(20)24)26-17-19-11-12-27(18-19)13-14-30-22-8-4-9-23-25(22)32-16-15-31-23/h1-10,19,26H,11-18H2. The van der Waals surface area contributed by atoms with Crippen molar-refractivity contribution in [2.24, 2.45) is 5.92 Å². The van der Waals surface area contributed by atoms with Crippen LogP contribution < -0.4 is 18.9 Å². The highest BCUT2D eigenvalue weighted by molar-refractivity contribution is 7.89. The van der Waals surface area contributed by atoms with Crippen LogP contribution in [0.1, 0.15) is 6.42 Å². The van der Waals surface area contributed by atoms with Gasteiger partial charge in [-0.05, 0) is 42.5 Å². The molecule has 0 bridgehead atoms. The van der Waals surface area contributed by atoms with Gasteiger partial charge in [0, 0.05) is 25.0 Å². The second-order valence-corrected chi connectivity index (χ2v) is 10.1. The molecule has 7 nitrogen and oxygen atoms in total. The highest BCUT2D eigenvalue weighted by atomic mass is 32.2. The van der Waals surface area contributed by atoms with Gasteiger partial charge in [0.1, 0.15) is 19.8 Å². The number of ether oxygens (including phenoxy) is 3. The molecule has 0 amide bonds. The molecule has 0 aliphatic carbocycles. The molecule has 5 rings (SSSR count). The van der Waals surface area contributed by atoms with Gasteiger partial charge in [0.25, 0.3) is 0 Å². The van der Waals surface area contributed by atoms with Crippen LogP contribution in [0.3, 0.4) is 0 Å². The van der Waals surface area contributed by atoms with Gasteiger partial charge < -0.3 is 14.2 Å². The van der Waals surface area contributed by atoms with Gasteiger partial charge in [-0.2, -0.15) is 0 Å². The Bertz CT molecular complexity index is 1230. The molecule has 1 atom stereocenters. The van der Waals surface area contributed by atoms with E-state index in [0.717, 1.165) is 42.6 Å². The first-order chi connectivity index (χ1) is 16.1. The summed E-state index contributed by atoms with van der Waals surface area (Å²) in [6, 6.07) is 18.6. The SMILES string of the molecule is O=S(=O)(NCC1CCN(CCOc2cccc3c2OCCO3)C1)c1cccc2ccccc12. The van der Waals surface area contributed by atoms with E-state index in [4.69, 9.17) is 14.2 Å². The topological polar surface area (TPSA) is 77.1 Å². The zero-order chi connectivity index (χ0) is 22.7. The van der Waals surface area contributed by atoms with Crippen molar-refractivity contribution in [3.8, 4) is 17.2 Å². The Balaban J connectivity index is 1.12. The molecule has 0 aromatic heterocycles. The van der Waals surface area contributed by atoms with Gasteiger partial charge in [-0.3, -0.25) is 4.90 Å². The zero-order valence-corrected chi connectivity index (χ0v) is 19.2. The second kappa shape index (κ2) is 9.59. The zero-order valence-electron chi connectivity index (χ0n) is 18.4. The third-order valence-electron chi connectivity index (χ3n) is 6.17. The molecule has 3 aromatic rings. The van der Waals surface area contributed by atoms with Crippen LogP contribution in [0.5, 0.6) is 17.2 Å². The van der Waals surface area contributed by atoms with Crippen molar-refractivity contribution in [2.75, 3.05) is 46.0 Å². The Morgan fingerprint density at radius 2 is 1.82 bits per heavy atom. The van der Waals surface area contributed by atoms with Crippen LogP contribution in [0.4, 0.5) is 0 Å². The first-order valence-electron chi connectivity index (χ1n) is 11.3. The first-order valence-corrected chi connectivity index (χ1v) is 12.8. The molecule has 33 heavy (non-hydrogen) atoms. The maximum absolute atomic E-state index is 13.0. The minimum Gasteiger partial charge on any atom is -0.488 e. The molecule has 0 spiro atoms. The van der Waals surface area contributed by atoms with Crippen molar-refractivity contribution in [3.05, 3.63) is 60.7 Å². The molecule has 2 aliphatic heterocycles. The molecule has 1 N–H and O–H groups in total. The molecular formula is C25H28N2O5S. The summed E-state index contributed by atoms with van der Waals surface area (Å²) < 4.78 is 46.0. The van der Waals surface area contributed by atoms with E-state index < -0.39 is 10.0 Å². The van der Waals surface area contributed by atoms with Crippen LogP contribution >= 0.6 is 0 Å². The summed E-state index contributed by atoms with van der Waals surface area (Å²) in [5.41, 5.74) is 0. The van der Waals surface area contributed by atoms with Gasteiger partial charge in [0.2, 0.25) is 15.8 Å². The lowest BCUT2D eigenvalue weighted by molar-refractivity contribution is 0.158. The molecule has 8 heteroatoms. The van der Waals surface area contributed by atoms with Crippen LogP contribution in [0.25, 0.3) is 10.8 Å². The number of fused-ring (bicyclic) bond motifs is 2. The lowest BCUT2D eigenvalue weighted by atomic mass is 10.1. The van der Waals surface area contributed by atoms with Crippen molar-refractivity contribution in [1.82, 2.24) is 9.62 Å². The van der Waals surface area contributed by atoms with Crippen LogP contribution in [-0.2, 0) is 10.0 Å². The number of rotatable bonds is 8. The highest BCUT2D eigenvalue weighted by Gasteiger charge is 2.25. The molecule has 1 unspecified atom stereocenters. The first kappa shape index (κ1) is 22.0. The highest BCUT2D eigenvalue weighted by Crippen LogP contribution is 2.38. The van der Waals surface area contributed by atoms with E-state index in [9.17, 15) is 8.42 Å². The van der Waals surface area contributed by atoms with Crippen molar-refractivity contribution >= 4 is 20.8 Å². The Morgan fingerprint density at radius 3 is 2.76 bits per heavy atom. The number of sulfonamides is 1. The van der Waals surface area contributed by atoms with Crippen molar-refractivity contribution in [3.63, 3.8) is 0 Å². The summed E-state index contributed by atoms with van der Waals surface area (Å²) in [6.45, 7) is 4.59. The average Bonchev–Trinajstić information content (AvgIpc) is 3.30. The number of hydrogen-bond acceptors (Lipinski definition) is 6. The van der Waals surface area contributed by atoms with Gasteiger partial charge in [-0.1, -0.05) is 42.5 Å². The molecule has 1 fully saturated rings. The monoisotopic (exact) mass is 468 g/mol. The molecule has 0 saturated carbocycles. The maximum atomic E-state index is 13.0. The summed E-state index contributed by atoms with van der Waals surface area (Å²) >= 11 is 0. The van der Waals surface area contributed by atoms with Crippen LogP contribution in [0.15, 0.2) is 65.6 Å². The van der Waals surface area contributed by atoms with E-state index >= 15 is 0 Å². The maximum Gasteiger partial charge on any atom is 0.241 e. The summed E-state index contributed by atoms with van der Waals surface area (Å²) in [7, 11) is -3.57. The van der Waals surface area contributed by atoms with Crippen LogP contribution in [0.2, 0.25) is 0 Å². The van der Waals surface area contributed by atoms with Crippen molar-refractivity contribution in [2.45, 2.75) is 11.3 Å².